The Bertz CT molecular complexity index is 1560. The van der Waals surface area contributed by atoms with Gasteiger partial charge in [-0.2, -0.15) is 0 Å². The van der Waals surface area contributed by atoms with Crippen molar-refractivity contribution in [2.75, 3.05) is 13.1 Å². The van der Waals surface area contributed by atoms with Gasteiger partial charge in [0.15, 0.2) is 0 Å². The SMILES string of the molecule is CC(C)(C)OC(=O)N1CC(c2nc3cc(Br)ccc3s2)C(C)(C)C1.c1ccc(P(c2ccccc2)c2ccccc2)cc1. The van der Waals surface area contributed by atoms with Crippen LogP contribution >= 0.6 is 35.2 Å². The first-order valence-electron chi connectivity index (χ1n) is 14.5. The second-order valence-electron chi connectivity index (χ2n) is 12.4. The van der Waals surface area contributed by atoms with Gasteiger partial charge < -0.3 is 9.64 Å². The molecular formula is C36H38BrN2O2PS. The highest BCUT2D eigenvalue weighted by molar-refractivity contribution is 9.10. The molecule has 0 spiro atoms. The molecule has 7 heteroatoms. The van der Waals surface area contributed by atoms with Gasteiger partial charge in [-0.15, -0.1) is 11.3 Å². The number of fused-ring (bicyclic) bond motifs is 1. The summed E-state index contributed by atoms with van der Waals surface area (Å²) in [6, 6.07) is 38.5. The first-order chi connectivity index (χ1) is 20.5. The van der Waals surface area contributed by atoms with E-state index in [0.717, 1.165) is 15.0 Å². The van der Waals surface area contributed by atoms with Crippen LogP contribution in [0.3, 0.4) is 0 Å². The van der Waals surface area contributed by atoms with Crippen LogP contribution in [0.4, 0.5) is 4.79 Å². The number of benzene rings is 4. The quantitative estimate of drug-likeness (QED) is 0.179. The molecule has 1 aliphatic heterocycles. The Morgan fingerprint density at radius 2 is 1.40 bits per heavy atom. The number of nitrogens with zero attached hydrogens (tertiary/aromatic N) is 2. The number of carbonyl (C=O) groups excluding carboxylic acids is 1. The van der Waals surface area contributed by atoms with Crippen molar-refractivity contribution >= 4 is 67.4 Å². The standard InChI is InChI=1S/C18H23BrN2O2S.C18H15P/c1-17(2,3)23-16(22)21-9-12(18(4,5)10-21)15-20-13-8-11(19)6-7-14(13)24-15;1-4-10-16(11-5-1)19(17-12-6-2-7-13-17)18-14-8-3-9-15-18/h6-8,12H,9-10H2,1-5H3;1-15H. The van der Waals surface area contributed by atoms with Gasteiger partial charge in [-0.3, -0.25) is 0 Å². The summed E-state index contributed by atoms with van der Waals surface area (Å²) in [5.74, 6) is 0.223. The van der Waals surface area contributed by atoms with Crippen LogP contribution in [-0.2, 0) is 4.74 Å². The fourth-order valence-electron chi connectivity index (χ4n) is 5.26. The molecule has 0 bridgehead atoms. The van der Waals surface area contributed by atoms with Gasteiger partial charge in [0.1, 0.15) is 5.60 Å². The highest BCUT2D eigenvalue weighted by atomic mass is 79.9. The topological polar surface area (TPSA) is 42.4 Å². The largest absolute Gasteiger partial charge is 0.444 e. The van der Waals surface area contributed by atoms with Crippen LogP contribution in [0.25, 0.3) is 10.2 Å². The minimum Gasteiger partial charge on any atom is -0.444 e. The van der Waals surface area contributed by atoms with E-state index in [1.165, 1.54) is 20.6 Å². The number of aromatic nitrogens is 1. The summed E-state index contributed by atoms with van der Waals surface area (Å²) in [5, 5.41) is 5.29. The maximum absolute atomic E-state index is 12.4. The smallest absolute Gasteiger partial charge is 0.410 e. The van der Waals surface area contributed by atoms with E-state index < -0.39 is 13.5 Å². The van der Waals surface area contributed by atoms with E-state index in [1.54, 1.807) is 11.3 Å². The van der Waals surface area contributed by atoms with Crippen molar-refractivity contribution in [1.82, 2.24) is 9.88 Å². The zero-order valence-corrected chi connectivity index (χ0v) is 28.6. The molecule has 1 saturated heterocycles. The Labute approximate surface area is 269 Å². The van der Waals surface area contributed by atoms with Crippen LogP contribution in [0, 0.1) is 5.41 Å². The van der Waals surface area contributed by atoms with Crippen LogP contribution in [0.1, 0.15) is 45.5 Å². The number of carbonyl (C=O) groups is 1. The van der Waals surface area contributed by atoms with Gasteiger partial charge in [-0.25, -0.2) is 9.78 Å². The van der Waals surface area contributed by atoms with Gasteiger partial charge >= 0.3 is 6.09 Å². The third-order valence-corrected chi connectivity index (χ3v) is 11.4. The predicted octanol–water partition coefficient (Wildman–Crippen LogP) is 8.86. The fraction of sp³-hybridized carbons (Fsp3) is 0.278. The summed E-state index contributed by atoms with van der Waals surface area (Å²) in [6.45, 7) is 11.4. The second kappa shape index (κ2) is 13.3. The Hall–Kier alpha value is -3.05. The van der Waals surface area contributed by atoms with Crippen LogP contribution in [0.5, 0.6) is 0 Å². The zero-order chi connectivity index (χ0) is 30.6. The molecule has 1 fully saturated rings. The molecule has 1 unspecified atom stereocenters. The highest BCUT2D eigenvalue weighted by Crippen LogP contribution is 2.45. The molecule has 6 rings (SSSR count). The van der Waals surface area contributed by atoms with Crippen molar-refractivity contribution in [3.8, 4) is 0 Å². The first kappa shape index (κ1) is 31.4. The summed E-state index contributed by atoms with van der Waals surface area (Å²) in [7, 11) is -0.446. The van der Waals surface area contributed by atoms with Crippen LogP contribution < -0.4 is 15.9 Å². The average Bonchev–Trinajstić information content (AvgIpc) is 3.54. The second-order valence-corrected chi connectivity index (χ2v) is 16.6. The molecule has 1 amide bonds. The Morgan fingerprint density at radius 1 is 0.884 bits per heavy atom. The molecule has 0 saturated carbocycles. The molecule has 0 aliphatic carbocycles. The molecule has 2 heterocycles. The monoisotopic (exact) mass is 672 g/mol. The number of rotatable bonds is 4. The molecule has 1 atom stereocenters. The molecule has 0 radical (unpaired) electrons. The molecule has 4 aromatic carbocycles. The minimum absolute atomic E-state index is 0.0258. The number of amides is 1. The van der Waals surface area contributed by atoms with Crippen molar-refractivity contribution < 1.29 is 9.53 Å². The fourth-order valence-corrected chi connectivity index (χ4v) is 9.16. The van der Waals surface area contributed by atoms with E-state index in [1.807, 2.05) is 37.8 Å². The zero-order valence-electron chi connectivity index (χ0n) is 25.3. The van der Waals surface area contributed by atoms with Crippen LogP contribution in [-0.4, -0.2) is 34.7 Å². The Kier molecular flexibility index (Phi) is 9.70. The lowest BCUT2D eigenvalue weighted by atomic mass is 9.82. The van der Waals surface area contributed by atoms with E-state index in [9.17, 15) is 4.79 Å². The molecular weight excluding hydrogens is 635 g/mol. The van der Waals surface area contributed by atoms with Crippen molar-refractivity contribution in [1.29, 1.82) is 0 Å². The number of ether oxygens (including phenoxy) is 1. The van der Waals surface area contributed by atoms with Gasteiger partial charge in [0.05, 0.1) is 15.2 Å². The maximum atomic E-state index is 12.4. The maximum Gasteiger partial charge on any atom is 0.410 e. The number of hydrogen-bond acceptors (Lipinski definition) is 4. The number of hydrogen-bond donors (Lipinski definition) is 0. The minimum atomic E-state index is -0.471. The summed E-state index contributed by atoms with van der Waals surface area (Å²) in [6.07, 6.45) is -0.234. The Morgan fingerprint density at radius 3 is 1.88 bits per heavy atom. The third kappa shape index (κ3) is 7.92. The van der Waals surface area contributed by atoms with E-state index in [4.69, 9.17) is 9.72 Å². The van der Waals surface area contributed by atoms with Crippen molar-refractivity contribution in [2.24, 2.45) is 5.41 Å². The van der Waals surface area contributed by atoms with E-state index >= 15 is 0 Å². The van der Waals surface area contributed by atoms with Gasteiger partial charge in [-0.1, -0.05) is 121 Å². The molecule has 5 aromatic rings. The van der Waals surface area contributed by atoms with Gasteiger partial charge in [0.25, 0.3) is 0 Å². The van der Waals surface area contributed by atoms with Crippen molar-refractivity contribution in [3.63, 3.8) is 0 Å². The molecule has 1 aliphatic rings. The lowest BCUT2D eigenvalue weighted by molar-refractivity contribution is 0.0278. The number of halogens is 1. The molecule has 4 nitrogen and oxygen atoms in total. The Balaban J connectivity index is 0.000000176. The van der Waals surface area contributed by atoms with Crippen LogP contribution in [0.2, 0.25) is 0 Å². The first-order valence-corrected chi connectivity index (χ1v) is 17.4. The van der Waals surface area contributed by atoms with Crippen molar-refractivity contribution in [2.45, 2.75) is 46.1 Å². The predicted molar refractivity (Wildman–Crippen MR) is 187 cm³/mol. The average molecular weight is 674 g/mol. The van der Waals surface area contributed by atoms with E-state index in [0.29, 0.717) is 13.1 Å². The van der Waals surface area contributed by atoms with E-state index in [-0.39, 0.29) is 17.4 Å². The lowest BCUT2D eigenvalue weighted by Crippen LogP contribution is -2.36. The summed E-state index contributed by atoms with van der Waals surface area (Å²) < 4.78 is 7.75. The molecule has 222 valence electrons. The summed E-state index contributed by atoms with van der Waals surface area (Å²) >= 11 is 5.22. The van der Waals surface area contributed by atoms with Crippen molar-refractivity contribution in [3.05, 3.63) is 119 Å². The molecule has 43 heavy (non-hydrogen) atoms. The summed E-state index contributed by atoms with van der Waals surface area (Å²) in [4.78, 5) is 19.1. The van der Waals surface area contributed by atoms with E-state index in [2.05, 4.69) is 127 Å². The lowest BCUT2D eigenvalue weighted by Gasteiger charge is -2.25. The normalized spacial score (nSPS) is 16.2. The van der Waals surface area contributed by atoms with Gasteiger partial charge in [-0.05, 0) is 68.2 Å². The number of likely N-dealkylation sites (tertiary alicyclic amines) is 1. The number of thiazole rings is 1. The van der Waals surface area contributed by atoms with Crippen LogP contribution in [0.15, 0.2) is 114 Å². The third-order valence-electron chi connectivity index (χ3n) is 7.30. The summed E-state index contributed by atoms with van der Waals surface area (Å²) in [5.41, 5.74) is 0.514. The van der Waals surface area contributed by atoms with Gasteiger partial charge in [0, 0.05) is 23.5 Å². The van der Waals surface area contributed by atoms with Gasteiger partial charge in [0.2, 0.25) is 0 Å². The highest BCUT2D eigenvalue weighted by Gasteiger charge is 2.44. The molecule has 1 aromatic heterocycles. The molecule has 0 N–H and O–H groups in total.